The van der Waals surface area contributed by atoms with Gasteiger partial charge in [0.2, 0.25) is 0 Å². The molecule has 4 heterocycles. The first kappa shape index (κ1) is 19.6. The number of piperazine rings is 1. The van der Waals surface area contributed by atoms with Crippen LogP contribution in [0.1, 0.15) is 50.0 Å². The highest BCUT2D eigenvalue weighted by atomic mass is 15.2. The molecule has 0 radical (unpaired) electrons. The fourth-order valence-corrected chi connectivity index (χ4v) is 6.29. The zero-order valence-electron chi connectivity index (χ0n) is 19.0. The van der Waals surface area contributed by atoms with Crippen LogP contribution in [0, 0.1) is 11.8 Å². The number of hydrogen-bond donors (Lipinski definition) is 2. The molecule has 7 heteroatoms. The summed E-state index contributed by atoms with van der Waals surface area (Å²) < 4.78 is 0. The molecule has 0 amide bonds. The summed E-state index contributed by atoms with van der Waals surface area (Å²) in [7, 11) is 0. The Bertz CT molecular complexity index is 1180. The summed E-state index contributed by atoms with van der Waals surface area (Å²) in [5, 5.41) is 8.40. The minimum absolute atomic E-state index is 0.561. The molecule has 170 valence electrons. The molecule has 3 atom stereocenters. The van der Waals surface area contributed by atoms with Crippen molar-refractivity contribution in [1.82, 2.24) is 25.3 Å². The van der Waals surface area contributed by atoms with Crippen LogP contribution in [0.4, 0.5) is 11.6 Å². The lowest BCUT2D eigenvalue weighted by atomic mass is 9.95. The molecule has 1 unspecified atom stereocenters. The molecule has 4 fully saturated rings. The van der Waals surface area contributed by atoms with E-state index in [1.54, 1.807) is 0 Å². The summed E-state index contributed by atoms with van der Waals surface area (Å²) >= 11 is 0. The molecule has 3 aliphatic carbocycles. The molecule has 0 spiro atoms. The third-order valence-corrected chi connectivity index (χ3v) is 8.14. The SMILES string of the molecule is c1cc(-c2nc(N3CCNCC3)c3c(C4CC4)cncc3n2)cc(N[C@H]2C[C@@H]3CCC2C3)n1. The smallest absolute Gasteiger partial charge is 0.162 e. The average Bonchev–Trinajstić information content (AvgIpc) is 3.51. The van der Waals surface area contributed by atoms with Crippen molar-refractivity contribution in [3.05, 3.63) is 36.3 Å². The Morgan fingerprint density at radius 2 is 1.91 bits per heavy atom. The maximum atomic E-state index is 5.18. The first-order valence-corrected chi connectivity index (χ1v) is 12.7. The van der Waals surface area contributed by atoms with E-state index in [0.29, 0.717) is 12.0 Å². The molecule has 2 N–H and O–H groups in total. The van der Waals surface area contributed by atoms with Gasteiger partial charge in [0.05, 0.1) is 11.7 Å². The number of hydrogen-bond acceptors (Lipinski definition) is 7. The van der Waals surface area contributed by atoms with Gasteiger partial charge < -0.3 is 15.5 Å². The van der Waals surface area contributed by atoms with Gasteiger partial charge in [0, 0.05) is 55.6 Å². The van der Waals surface area contributed by atoms with Crippen LogP contribution in [-0.2, 0) is 0 Å². The number of rotatable bonds is 5. The van der Waals surface area contributed by atoms with Crippen LogP contribution in [0.25, 0.3) is 22.3 Å². The summed E-state index contributed by atoms with van der Waals surface area (Å²) in [4.78, 5) is 21.8. The second-order valence-corrected chi connectivity index (χ2v) is 10.4. The summed E-state index contributed by atoms with van der Waals surface area (Å²) in [6.45, 7) is 3.89. The van der Waals surface area contributed by atoms with E-state index in [0.717, 1.165) is 66.6 Å². The van der Waals surface area contributed by atoms with Crippen molar-refractivity contribution in [3.8, 4) is 11.4 Å². The highest BCUT2D eigenvalue weighted by molar-refractivity contribution is 5.94. The van der Waals surface area contributed by atoms with Gasteiger partial charge in [-0.3, -0.25) is 4.98 Å². The summed E-state index contributed by atoms with van der Waals surface area (Å²) in [5.41, 5.74) is 3.30. The van der Waals surface area contributed by atoms with E-state index in [1.165, 1.54) is 49.5 Å². The van der Waals surface area contributed by atoms with Crippen molar-refractivity contribution < 1.29 is 0 Å². The van der Waals surface area contributed by atoms with Gasteiger partial charge in [-0.05, 0) is 67.6 Å². The zero-order valence-corrected chi connectivity index (χ0v) is 19.0. The predicted octanol–water partition coefficient (Wildman–Crippen LogP) is 3.97. The number of pyridine rings is 2. The van der Waals surface area contributed by atoms with E-state index in [1.807, 2.05) is 24.7 Å². The first-order chi connectivity index (χ1) is 16.3. The van der Waals surface area contributed by atoms with Crippen LogP contribution >= 0.6 is 0 Å². The van der Waals surface area contributed by atoms with Crippen molar-refractivity contribution in [2.24, 2.45) is 11.8 Å². The molecule has 4 aliphatic rings. The quantitative estimate of drug-likeness (QED) is 0.620. The summed E-state index contributed by atoms with van der Waals surface area (Å²) in [5.74, 6) is 5.11. The molecule has 33 heavy (non-hydrogen) atoms. The zero-order chi connectivity index (χ0) is 21.8. The van der Waals surface area contributed by atoms with E-state index in [-0.39, 0.29) is 0 Å². The van der Waals surface area contributed by atoms with Gasteiger partial charge in [-0.15, -0.1) is 0 Å². The van der Waals surface area contributed by atoms with Gasteiger partial charge in [0.15, 0.2) is 5.82 Å². The van der Waals surface area contributed by atoms with Crippen LogP contribution < -0.4 is 15.5 Å². The lowest BCUT2D eigenvalue weighted by molar-refractivity contribution is 0.439. The van der Waals surface area contributed by atoms with E-state index in [9.17, 15) is 0 Å². The normalized spacial score (nSPS) is 26.8. The van der Waals surface area contributed by atoms with E-state index in [4.69, 9.17) is 9.97 Å². The lowest BCUT2D eigenvalue weighted by Gasteiger charge is -2.30. The van der Waals surface area contributed by atoms with Crippen molar-refractivity contribution in [2.75, 3.05) is 36.4 Å². The van der Waals surface area contributed by atoms with E-state index >= 15 is 0 Å². The molecular weight excluding hydrogens is 410 g/mol. The van der Waals surface area contributed by atoms with Crippen LogP contribution in [0.5, 0.6) is 0 Å². The van der Waals surface area contributed by atoms with Gasteiger partial charge in [-0.25, -0.2) is 15.0 Å². The largest absolute Gasteiger partial charge is 0.367 e. The van der Waals surface area contributed by atoms with Gasteiger partial charge >= 0.3 is 0 Å². The van der Waals surface area contributed by atoms with E-state index < -0.39 is 0 Å². The van der Waals surface area contributed by atoms with Crippen LogP contribution in [0.15, 0.2) is 30.7 Å². The summed E-state index contributed by atoms with van der Waals surface area (Å²) in [6.07, 6.45) is 13.8. The minimum Gasteiger partial charge on any atom is -0.367 e. The molecule has 7 nitrogen and oxygen atoms in total. The Kier molecular flexibility index (Phi) is 4.71. The number of fused-ring (bicyclic) bond motifs is 3. The highest BCUT2D eigenvalue weighted by Crippen LogP contribution is 2.46. The molecule has 2 bridgehead atoms. The van der Waals surface area contributed by atoms with Crippen molar-refractivity contribution in [3.63, 3.8) is 0 Å². The maximum Gasteiger partial charge on any atom is 0.162 e. The Morgan fingerprint density at radius 1 is 1.00 bits per heavy atom. The Hall–Kier alpha value is -2.80. The standard InChI is InChI=1S/C26H31N7/c1-2-18-11-16(1)12-21(18)30-23-13-19(5-6-29-23)25-31-22-15-28-14-20(17-3-4-17)24(22)26(32-25)33-9-7-27-8-10-33/h5-6,13-18,21,27H,1-4,7-12H2,(H,29,30)/t16-,18?,21+/m1/s1. The average molecular weight is 442 g/mol. The molecule has 1 saturated heterocycles. The number of aromatic nitrogens is 4. The number of anilines is 2. The Labute approximate surface area is 194 Å². The maximum absolute atomic E-state index is 5.18. The molecule has 7 rings (SSSR count). The van der Waals surface area contributed by atoms with Gasteiger partial charge in [0.1, 0.15) is 11.6 Å². The van der Waals surface area contributed by atoms with Crippen molar-refractivity contribution in [2.45, 2.75) is 50.5 Å². The molecule has 3 aromatic heterocycles. The molecular formula is C26H31N7. The fraction of sp³-hybridized carbons (Fsp3) is 0.538. The molecule has 0 aromatic carbocycles. The molecule has 3 saturated carbocycles. The molecule has 1 aliphatic heterocycles. The van der Waals surface area contributed by atoms with Crippen LogP contribution in [-0.4, -0.2) is 52.2 Å². The van der Waals surface area contributed by atoms with Crippen molar-refractivity contribution in [1.29, 1.82) is 0 Å². The van der Waals surface area contributed by atoms with Crippen molar-refractivity contribution >= 4 is 22.5 Å². The monoisotopic (exact) mass is 441 g/mol. The van der Waals surface area contributed by atoms with E-state index in [2.05, 4.69) is 31.6 Å². The lowest BCUT2D eigenvalue weighted by Crippen LogP contribution is -2.44. The predicted molar refractivity (Wildman–Crippen MR) is 130 cm³/mol. The Balaban J connectivity index is 1.28. The number of nitrogens with one attached hydrogen (secondary N) is 2. The highest BCUT2D eigenvalue weighted by Gasteiger charge is 2.39. The second kappa shape index (κ2) is 7.90. The topological polar surface area (TPSA) is 78.9 Å². The van der Waals surface area contributed by atoms with Gasteiger partial charge in [0.25, 0.3) is 0 Å². The number of nitrogens with zero attached hydrogens (tertiary/aromatic N) is 5. The van der Waals surface area contributed by atoms with Crippen LogP contribution in [0.3, 0.4) is 0 Å². The van der Waals surface area contributed by atoms with Gasteiger partial charge in [-0.1, -0.05) is 6.42 Å². The first-order valence-electron chi connectivity index (χ1n) is 12.7. The Morgan fingerprint density at radius 3 is 2.70 bits per heavy atom. The third kappa shape index (κ3) is 3.62. The summed E-state index contributed by atoms with van der Waals surface area (Å²) in [6, 6.07) is 4.73. The third-order valence-electron chi connectivity index (χ3n) is 8.14. The fourth-order valence-electron chi connectivity index (χ4n) is 6.29. The van der Waals surface area contributed by atoms with Gasteiger partial charge in [-0.2, -0.15) is 0 Å². The van der Waals surface area contributed by atoms with Crippen LogP contribution in [0.2, 0.25) is 0 Å². The second-order valence-electron chi connectivity index (χ2n) is 10.4. The molecule has 3 aromatic rings. The minimum atomic E-state index is 0.561.